The van der Waals surface area contributed by atoms with Crippen molar-refractivity contribution in [2.45, 2.75) is 31.4 Å². The molecule has 14 heteroatoms. The maximum absolute atomic E-state index is 14.9. The van der Waals surface area contributed by atoms with Crippen molar-refractivity contribution in [1.82, 2.24) is 39.6 Å². The van der Waals surface area contributed by atoms with Gasteiger partial charge < -0.3 is 10.0 Å². The maximum atomic E-state index is 14.9. The minimum Gasteiger partial charge on any atom is -0.382 e. The number of likely N-dealkylation sites (tertiary alicyclic amines) is 1. The van der Waals surface area contributed by atoms with Gasteiger partial charge in [0, 0.05) is 67.0 Å². The highest BCUT2D eigenvalue weighted by molar-refractivity contribution is 6.23. The number of pyridine rings is 1. The Bertz CT molecular complexity index is 2010. The summed E-state index contributed by atoms with van der Waals surface area (Å²) in [5.41, 5.74) is 0.966. The van der Waals surface area contributed by atoms with Crippen molar-refractivity contribution < 1.29 is 27.9 Å². The van der Waals surface area contributed by atoms with Crippen LogP contribution in [0.15, 0.2) is 73.3 Å². The van der Waals surface area contributed by atoms with Crippen LogP contribution in [0.5, 0.6) is 0 Å². The molecule has 0 aliphatic carbocycles. The summed E-state index contributed by atoms with van der Waals surface area (Å²) in [6.07, 6.45) is 8.34. The van der Waals surface area contributed by atoms with Crippen molar-refractivity contribution in [3.63, 3.8) is 0 Å². The maximum Gasteiger partial charge on any atom is 0.280 e. The number of imide groups is 1. The highest BCUT2D eigenvalue weighted by Gasteiger charge is 2.40. The number of carbonyl (C=O) groups is 2. The molecule has 1 unspecified atom stereocenters. The number of amides is 2. The van der Waals surface area contributed by atoms with Gasteiger partial charge in [0.05, 0.1) is 18.3 Å². The van der Waals surface area contributed by atoms with Gasteiger partial charge in [0.2, 0.25) is 0 Å². The lowest BCUT2D eigenvalue weighted by atomic mass is 9.89. The summed E-state index contributed by atoms with van der Waals surface area (Å²) in [4.78, 5) is 34.8. The van der Waals surface area contributed by atoms with Crippen LogP contribution < -0.4 is 0 Å². The second-order valence-electron chi connectivity index (χ2n) is 12.7. The summed E-state index contributed by atoms with van der Waals surface area (Å²) in [6, 6.07) is 10.7. The number of hydrogen-bond acceptors (Lipinski definition) is 8. The van der Waals surface area contributed by atoms with Gasteiger partial charge in [0.1, 0.15) is 34.4 Å². The summed E-state index contributed by atoms with van der Waals surface area (Å²) < 4.78 is 45.2. The molecule has 1 N–H and O–H groups in total. The molecule has 3 aromatic heterocycles. The van der Waals surface area contributed by atoms with Crippen LogP contribution in [0.2, 0.25) is 0 Å². The van der Waals surface area contributed by atoms with Gasteiger partial charge in [-0.25, -0.2) is 17.9 Å². The molecule has 0 radical (unpaired) electrons. The smallest absolute Gasteiger partial charge is 0.280 e. The van der Waals surface area contributed by atoms with Crippen LogP contribution in [0.4, 0.5) is 13.2 Å². The second kappa shape index (κ2) is 13.0. The Morgan fingerprint density at radius 2 is 1.65 bits per heavy atom. The van der Waals surface area contributed by atoms with Gasteiger partial charge in [-0.3, -0.25) is 24.2 Å². The van der Waals surface area contributed by atoms with Crippen LogP contribution in [-0.2, 0) is 19.2 Å². The van der Waals surface area contributed by atoms with Crippen molar-refractivity contribution in [1.29, 1.82) is 0 Å². The zero-order valence-corrected chi connectivity index (χ0v) is 26.6. The Labute approximate surface area is 279 Å². The Hall–Kier alpha value is -5.21. The third-order valence-electron chi connectivity index (χ3n) is 9.38. The highest BCUT2D eigenvalue weighted by atomic mass is 19.1. The van der Waals surface area contributed by atoms with E-state index in [1.807, 2.05) is 4.90 Å². The molecule has 2 amide bonds. The van der Waals surface area contributed by atoms with Gasteiger partial charge >= 0.3 is 0 Å². The molecule has 1 fully saturated rings. The van der Waals surface area contributed by atoms with Crippen LogP contribution in [0.1, 0.15) is 45.7 Å². The van der Waals surface area contributed by atoms with E-state index in [1.54, 1.807) is 42.3 Å². The minimum absolute atomic E-state index is 0.0267. The fourth-order valence-corrected chi connectivity index (χ4v) is 6.92. The Balaban J connectivity index is 1.02. The normalized spacial score (nSPS) is 16.7. The Kier molecular flexibility index (Phi) is 8.59. The van der Waals surface area contributed by atoms with Crippen molar-refractivity contribution in [3.05, 3.63) is 108 Å². The Morgan fingerprint density at radius 3 is 2.37 bits per heavy atom. The van der Waals surface area contributed by atoms with E-state index in [2.05, 4.69) is 20.4 Å². The fourth-order valence-electron chi connectivity index (χ4n) is 6.92. The van der Waals surface area contributed by atoms with Crippen molar-refractivity contribution >= 4 is 11.8 Å². The van der Waals surface area contributed by atoms with Gasteiger partial charge in [0.25, 0.3) is 11.8 Å². The van der Waals surface area contributed by atoms with E-state index in [0.29, 0.717) is 41.9 Å². The molecule has 5 aromatic rings. The number of rotatable bonds is 10. The van der Waals surface area contributed by atoms with E-state index in [1.165, 1.54) is 40.2 Å². The molecule has 2 aliphatic rings. The predicted octanol–water partition coefficient (Wildman–Crippen LogP) is 4.44. The zero-order chi connectivity index (χ0) is 34.3. The number of aromatic nitrogens is 6. The van der Waals surface area contributed by atoms with Crippen LogP contribution in [-0.4, -0.2) is 82.7 Å². The van der Waals surface area contributed by atoms with E-state index in [4.69, 9.17) is 0 Å². The van der Waals surface area contributed by atoms with Crippen molar-refractivity contribution in [3.8, 4) is 22.4 Å². The predicted molar refractivity (Wildman–Crippen MR) is 171 cm³/mol. The Morgan fingerprint density at radius 1 is 0.898 bits per heavy atom. The lowest BCUT2D eigenvalue weighted by Gasteiger charge is -2.38. The van der Waals surface area contributed by atoms with E-state index >= 15 is 0 Å². The first-order chi connectivity index (χ1) is 23.6. The molecule has 0 bridgehead atoms. The number of nitrogens with zero attached hydrogens (tertiary/aromatic N) is 8. The van der Waals surface area contributed by atoms with E-state index < -0.39 is 29.0 Å². The van der Waals surface area contributed by atoms with E-state index in [-0.39, 0.29) is 48.2 Å². The summed E-state index contributed by atoms with van der Waals surface area (Å²) in [5.74, 6) is -2.63. The third-order valence-corrected chi connectivity index (χ3v) is 9.38. The number of benzene rings is 2. The molecule has 7 rings (SSSR count). The van der Waals surface area contributed by atoms with Gasteiger partial charge in [-0.1, -0.05) is 11.3 Å². The molecule has 5 heterocycles. The highest BCUT2D eigenvalue weighted by Crippen LogP contribution is 2.37. The standard InChI is InChI=1S/C35H33F3N8O3/c1-43-19-27(31(41-43)23-2-4-24(36)5-3-23)26-8-12-39-32-30(26)33(47)46(34(32)48)16-11-22-9-14-44(15-10-22)20-35(49,21-45-17-13-40-42-45)28-7-6-25(37)18-29(28)38/h2-8,12-13,17-19,22,49H,9-11,14-16,20-21H2,1H3. The second-order valence-corrected chi connectivity index (χ2v) is 12.7. The minimum atomic E-state index is -1.70. The van der Waals surface area contributed by atoms with Crippen LogP contribution in [0.3, 0.4) is 0 Å². The number of aliphatic hydroxyl groups is 1. The molecule has 252 valence electrons. The number of carbonyl (C=O) groups excluding carboxylic acids is 2. The summed E-state index contributed by atoms with van der Waals surface area (Å²) in [7, 11) is 1.75. The van der Waals surface area contributed by atoms with Crippen molar-refractivity contribution in [2.24, 2.45) is 13.0 Å². The lowest BCUT2D eigenvalue weighted by molar-refractivity contribution is -0.0294. The first kappa shape index (κ1) is 32.3. The molecule has 1 atom stereocenters. The number of β-amino-alcohol motifs (C(OH)–C–C–N with tert-alkyl or cyclic N) is 1. The topological polar surface area (TPSA) is 122 Å². The number of halogens is 3. The molecule has 0 saturated carbocycles. The SMILES string of the molecule is Cn1cc(-c2ccnc3c2C(=O)N(CCC2CCN(CC(O)(Cn4ccnn4)c4ccc(F)cc4F)CC2)C3=O)c(-c2ccc(F)cc2)n1. The molecule has 1 saturated heterocycles. The van der Waals surface area contributed by atoms with Gasteiger partial charge in [-0.05, 0) is 74.7 Å². The first-order valence-electron chi connectivity index (χ1n) is 16.0. The van der Waals surface area contributed by atoms with Gasteiger partial charge in [0.15, 0.2) is 0 Å². The van der Waals surface area contributed by atoms with E-state index in [9.17, 15) is 27.9 Å². The molecular formula is C35H33F3N8O3. The largest absolute Gasteiger partial charge is 0.382 e. The van der Waals surface area contributed by atoms with Crippen LogP contribution >= 0.6 is 0 Å². The lowest BCUT2D eigenvalue weighted by Crippen LogP contribution is -2.47. The molecule has 0 spiro atoms. The fraction of sp³-hybridized carbons (Fsp3) is 0.314. The average Bonchev–Trinajstić information content (AvgIpc) is 3.79. The van der Waals surface area contributed by atoms with Gasteiger partial charge in [-0.2, -0.15) is 5.10 Å². The summed E-state index contributed by atoms with van der Waals surface area (Å²) >= 11 is 0. The van der Waals surface area contributed by atoms with Gasteiger partial charge in [-0.15, -0.1) is 5.10 Å². The molecule has 11 nitrogen and oxygen atoms in total. The number of hydrogen-bond donors (Lipinski definition) is 1. The molecule has 2 aromatic carbocycles. The van der Waals surface area contributed by atoms with Crippen molar-refractivity contribution in [2.75, 3.05) is 26.2 Å². The summed E-state index contributed by atoms with van der Waals surface area (Å²) in [5, 5.41) is 24.0. The quantitative estimate of drug-likeness (QED) is 0.217. The first-order valence-corrected chi connectivity index (χ1v) is 16.0. The number of piperidine rings is 1. The summed E-state index contributed by atoms with van der Waals surface area (Å²) in [6.45, 7) is 1.41. The number of fused-ring (bicyclic) bond motifs is 1. The monoisotopic (exact) mass is 670 g/mol. The van der Waals surface area contributed by atoms with E-state index in [0.717, 1.165) is 25.0 Å². The zero-order valence-electron chi connectivity index (χ0n) is 26.6. The molecule has 49 heavy (non-hydrogen) atoms. The number of aryl methyl sites for hydroxylation is 1. The van der Waals surface area contributed by atoms with Crippen LogP contribution in [0.25, 0.3) is 22.4 Å². The third kappa shape index (κ3) is 6.36. The average molecular weight is 671 g/mol. The molecule has 2 aliphatic heterocycles. The molecular weight excluding hydrogens is 637 g/mol. The van der Waals surface area contributed by atoms with Crippen LogP contribution in [0, 0.1) is 23.4 Å².